The highest BCUT2D eigenvalue weighted by molar-refractivity contribution is 5.55. The molecule has 4 heteroatoms. The number of ether oxygens (including phenoxy) is 2. The van der Waals surface area contributed by atoms with Gasteiger partial charge in [-0.05, 0) is 25.0 Å². The van der Waals surface area contributed by atoms with Crippen LogP contribution in [0.2, 0.25) is 0 Å². The van der Waals surface area contributed by atoms with E-state index in [2.05, 4.69) is 26.1 Å². The Labute approximate surface area is 109 Å². The first kappa shape index (κ1) is 14.6. The van der Waals surface area contributed by atoms with Crippen molar-refractivity contribution in [3.05, 3.63) is 18.2 Å². The van der Waals surface area contributed by atoms with Crippen molar-refractivity contribution < 1.29 is 14.6 Å². The third-order valence-corrected chi connectivity index (χ3v) is 2.91. The summed E-state index contributed by atoms with van der Waals surface area (Å²) in [6.45, 7) is 6.74. The van der Waals surface area contributed by atoms with Gasteiger partial charge >= 0.3 is 0 Å². The topological polar surface area (TPSA) is 50.7 Å². The maximum Gasteiger partial charge on any atom is 0.163 e. The van der Waals surface area contributed by atoms with Crippen molar-refractivity contribution in [2.24, 2.45) is 5.92 Å². The lowest BCUT2D eigenvalue weighted by molar-refractivity contribution is 0.196. The lowest BCUT2D eigenvalue weighted by Crippen LogP contribution is -2.21. The Balaban J connectivity index is 2.81. The van der Waals surface area contributed by atoms with E-state index < -0.39 is 0 Å². The number of aliphatic hydroxyl groups is 1. The van der Waals surface area contributed by atoms with Gasteiger partial charge in [0.05, 0.1) is 13.7 Å². The molecule has 0 radical (unpaired) electrons. The summed E-state index contributed by atoms with van der Waals surface area (Å²) >= 11 is 0. The fourth-order valence-electron chi connectivity index (χ4n) is 1.46. The molecular weight excluding hydrogens is 230 g/mol. The predicted molar refractivity (Wildman–Crippen MR) is 73.5 cm³/mol. The van der Waals surface area contributed by atoms with Gasteiger partial charge in [-0.1, -0.05) is 13.8 Å². The first-order valence-electron chi connectivity index (χ1n) is 6.26. The predicted octanol–water partition coefficient (Wildman–Crippen LogP) is 2.52. The van der Waals surface area contributed by atoms with Crippen molar-refractivity contribution in [2.45, 2.75) is 26.8 Å². The fraction of sp³-hybridized carbons (Fsp3) is 0.571. The number of nitrogens with one attached hydrogen (secondary N) is 1. The minimum atomic E-state index is -0.0107. The molecule has 0 saturated carbocycles. The highest BCUT2D eigenvalue weighted by atomic mass is 16.5. The van der Waals surface area contributed by atoms with Crippen molar-refractivity contribution in [3.8, 4) is 11.5 Å². The van der Waals surface area contributed by atoms with E-state index >= 15 is 0 Å². The van der Waals surface area contributed by atoms with Crippen molar-refractivity contribution >= 4 is 5.69 Å². The highest BCUT2D eigenvalue weighted by Crippen LogP contribution is 2.30. The van der Waals surface area contributed by atoms with Crippen LogP contribution in [0.1, 0.15) is 20.8 Å². The van der Waals surface area contributed by atoms with Gasteiger partial charge in [0.25, 0.3) is 0 Å². The third kappa shape index (κ3) is 4.11. The molecule has 0 fully saturated rings. The summed E-state index contributed by atoms with van der Waals surface area (Å²) in [4.78, 5) is 0. The van der Waals surface area contributed by atoms with Crippen LogP contribution in [0.3, 0.4) is 0 Å². The minimum absolute atomic E-state index is 0.0107. The first-order chi connectivity index (χ1) is 8.58. The zero-order valence-corrected chi connectivity index (χ0v) is 11.6. The molecule has 0 spiro atoms. The van der Waals surface area contributed by atoms with Crippen LogP contribution < -0.4 is 14.8 Å². The summed E-state index contributed by atoms with van der Waals surface area (Å²) in [5.41, 5.74) is 0.991. The molecule has 0 aliphatic rings. The van der Waals surface area contributed by atoms with Gasteiger partial charge < -0.3 is 19.9 Å². The number of hydrogen-bond acceptors (Lipinski definition) is 4. The fourth-order valence-corrected chi connectivity index (χ4v) is 1.46. The summed E-state index contributed by atoms with van der Waals surface area (Å²) < 4.78 is 10.7. The lowest BCUT2D eigenvalue weighted by atomic mass is 10.1. The molecule has 0 bridgehead atoms. The summed E-state index contributed by atoms with van der Waals surface area (Å²) in [6.07, 6.45) is 0. The van der Waals surface area contributed by atoms with Gasteiger partial charge in [-0.15, -0.1) is 0 Å². The number of aliphatic hydroxyl groups excluding tert-OH is 1. The Morgan fingerprint density at radius 2 is 1.94 bits per heavy atom. The Kier molecular flexibility index (Phi) is 5.78. The smallest absolute Gasteiger partial charge is 0.163 e. The van der Waals surface area contributed by atoms with Crippen molar-refractivity contribution in [3.63, 3.8) is 0 Å². The number of methoxy groups -OCH3 is 1. The molecule has 1 atom stereocenters. The van der Waals surface area contributed by atoms with Gasteiger partial charge in [0.15, 0.2) is 11.5 Å². The molecule has 0 aliphatic heterocycles. The van der Waals surface area contributed by atoms with E-state index in [0.29, 0.717) is 23.5 Å². The van der Waals surface area contributed by atoms with Crippen LogP contribution in [-0.4, -0.2) is 31.5 Å². The maximum absolute atomic E-state index is 8.80. The van der Waals surface area contributed by atoms with E-state index in [9.17, 15) is 0 Å². The molecule has 4 nitrogen and oxygen atoms in total. The molecule has 0 aliphatic carbocycles. The van der Waals surface area contributed by atoms with Crippen molar-refractivity contribution in [2.75, 3.05) is 25.6 Å². The molecule has 2 N–H and O–H groups in total. The van der Waals surface area contributed by atoms with Crippen LogP contribution >= 0.6 is 0 Å². The Bertz CT molecular complexity index is 366. The van der Waals surface area contributed by atoms with Crippen LogP contribution in [-0.2, 0) is 0 Å². The average molecular weight is 253 g/mol. The second kappa shape index (κ2) is 7.11. The molecule has 0 saturated heterocycles. The van der Waals surface area contributed by atoms with Crippen LogP contribution in [0.4, 0.5) is 5.69 Å². The summed E-state index contributed by atoms with van der Waals surface area (Å²) in [6, 6.07) is 6.10. The molecule has 1 rings (SSSR count). The number of rotatable bonds is 7. The van der Waals surface area contributed by atoms with E-state index in [4.69, 9.17) is 14.6 Å². The Hall–Kier alpha value is -1.42. The zero-order chi connectivity index (χ0) is 13.5. The average Bonchev–Trinajstić information content (AvgIpc) is 2.36. The SMILES string of the molecule is COc1ccc(NC(C)C(C)C)cc1OCCO. The standard InChI is InChI=1S/C14H23NO3/c1-10(2)11(3)15-12-5-6-13(17-4)14(9-12)18-8-7-16/h5-6,9-11,15-16H,7-8H2,1-4H3. The second-order valence-electron chi connectivity index (χ2n) is 4.61. The van der Waals surface area contributed by atoms with E-state index in [-0.39, 0.29) is 13.2 Å². The third-order valence-electron chi connectivity index (χ3n) is 2.91. The highest BCUT2D eigenvalue weighted by Gasteiger charge is 2.09. The summed E-state index contributed by atoms with van der Waals surface area (Å²) in [7, 11) is 1.60. The molecule has 18 heavy (non-hydrogen) atoms. The van der Waals surface area contributed by atoms with Gasteiger partial charge in [0.2, 0.25) is 0 Å². The van der Waals surface area contributed by atoms with E-state index in [1.807, 2.05) is 18.2 Å². The van der Waals surface area contributed by atoms with Gasteiger partial charge in [0.1, 0.15) is 6.61 Å². The Morgan fingerprint density at radius 3 is 2.50 bits per heavy atom. The molecule has 102 valence electrons. The van der Waals surface area contributed by atoms with Crippen LogP contribution in [0.15, 0.2) is 18.2 Å². The first-order valence-corrected chi connectivity index (χ1v) is 6.26. The van der Waals surface area contributed by atoms with Crippen LogP contribution in [0.5, 0.6) is 11.5 Å². The minimum Gasteiger partial charge on any atom is -0.493 e. The molecule has 0 heterocycles. The molecule has 0 aromatic heterocycles. The number of anilines is 1. The number of hydrogen-bond donors (Lipinski definition) is 2. The lowest BCUT2D eigenvalue weighted by Gasteiger charge is -2.20. The van der Waals surface area contributed by atoms with E-state index in [0.717, 1.165) is 5.69 Å². The molecule has 1 unspecified atom stereocenters. The molecule has 1 aromatic rings. The quantitative estimate of drug-likeness (QED) is 0.784. The largest absolute Gasteiger partial charge is 0.493 e. The van der Waals surface area contributed by atoms with Gasteiger partial charge in [-0.3, -0.25) is 0 Å². The van der Waals surface area contributed by atoms with Crippen molar-refractivity contribution in [1.29, 1.82) is 0 Å². The molecule has 1 aromatic carbocycles. The van der Waals surface area contributed by atoms with Crippen LogP contribution in [0, 0.1) is 5.92 Å². The maximum atomic E-state index is 8.80. The summed E-state index contributed by atoms with van der Waals surface area (Å²) in [5, 5.41) is 12.2. The van der Waals surface area contributed by atoms with Gasteiger partial charge in [0, 0.05) is 17.8 Å². The molecule has 0 amide bonds. The van der Waals surface area contributed by atoms with Gasteiger partial charge in [-0.25, -0.2) is 0 Å². The monoisotopic (exact) mass is 253 g/mol. The molecular formula is C14H23NO3. The Morgan fingerprint density at radius 1 is 1.22 bits per heavy atom. The summed E-state index contributed by atoms with van der Waals surface area (Å²) in [5.74, 6) is 1.87. The van der Waals surface area contributed by atoms with E-state index in [1.54, 1.807) is 7.11 Å². The normalized spacial score (nSPS) is 12.3. The van der Waals surface area contributed by atoms with Crippen LogP contribution in [0.25, 0.3) is 0 Å². The van der Waals surface area contributed by atoms with Gasteiger partial charge in [-0.2, -0.15) is 0 Å². The number of benzene rings is 1. The second-order valence-corrected chi connectivity index (χ2v) is 4.61. The zero-order valence-electron chi connectivity index (χ0n) is 11.6. The van der Waals surface area contributed by atoms with Crippen molar-refractivity contribution in [1.82, 2.24) is 0 Å². The van der Waals surface area contributed by atoms with E-state index in [1.165, 1.54) is 0 Å².